The summed E-state index contributed by atoms with van der Waals surface area (Å²) in [6.07, 6.45) is 49.1. The largest absolute Gasteiger partial charge is 0.490 e. The number of hydrogen-bond acceptors (Lipinski definition) is 8. The van der Waals surface area contributed by atoms with Crippen molar-refractivity contribution in [2.45, 2.75) is 311 Å². The molecule has 4 aromatic carbocycles. The molecule has 0 spiro atoms. The molecule has 0 radical (unpaired) electrons. The summed E-state index contributed by atoms with van der Waals surface area (Å²) in [5, 5.41) is 18.7. The number of nitro groups is 1. The molecule has 81 heavy (non-hydrogen) atoms. The monoisotopic (exact) mass is 1130 g/mol. The first-order valence-electron chi connectivity index (χ1n) is 34.4. The Labute approximate surface area is 495 Å². The van der Waals surface area contributed by atoms with Gasteiger partial charge in [0, 0.05) is 10.8 Å². The van der Waals surface area contributed by atoms with Gasteiger partial charge in [-0.15, -0.1) is 0 Å². The third-order valence-electron chi connectivity index (χ3n) is 16.4. The van der Waals surface area contributed by atoms with E-state index in [2.05, 4.69) is 59.7 Å². The number of rotatable bonds is 55. The summed E-state index contributed by atoms with van der Waals surface area (Å²) in [5.41, 5.74) is -0.0588. The molecule has 0 atom stereocenters. The van der Waals surface area contributed by atoms with E-state index in [1.54, 1.807) is 0 Å². The highest BCUT2D eigenvalue weighted by Gasteiger charge is 2.30. The van der Waals surface area contributed by atoms with Crippen LogP contribution in [-0.4, -0.2) is 44.6 Å². The third kappa shape index (κ3) is 27.0. The lowest BCUT2D eigenvalue weighted by Gasteiger charge is -2.21. The Bertz CT molecular complexity index is 2170. The van der Waals surface area contributed by atoms with E-state index in [-0.39, 0.29) is 16.4 Å². The molecule has 0 amide bonds. The number of nitro benzene ring substituents is 1. The molecule has 0 bridgehead atoms. The predicted molar refractivity (Wildman–Crippen MR) is 347 cm³/mol. The fraction of sp³-hybridized carbons (Fsp3) is 0.750. The highest BCUT2D eigenvalue weighted by Crippen LogP contribution is 2.52. The molecule has 0 aromatic heterocycles. The van der Waals surface area contributed by atoms with Crippen LogP contribution >= 0.6 is 0 Å². The molecule has 460 valence electrons. The summed E-state index contributed by atoms with van der Waals surface area (Å²) in [6.45, 7) is 16.6. The van der Waals surface area contributed by atoms with Crippen LogP contribution in [0.15, 0.2) is 30.3 Å². The molecule has 0 aliphatic heterocycles. The molecular formula is C72H119NO8. The summed E-state index contributed by atoms with van der Waals surface area (Å²) in [5.74, 6) is 3.34. The first-order chi connectivity index (χ1) is 39.9. The number of nitrogens with zero attached hydrogens (tertiary/aromatic N) is 1. The number of benzene rings is 4. The molecule has 0 N–H and O–H groups in total. The van der Waals surface area contributed by atoms with E-state index >= 15 is 0 Å². The maximum absolute atomic E-state index is 14.1. The van der Waals surface area contributed by atoms with Gasteiger partial charge in [0.1, 0.15) is 0 Å². The molecule has 0 aliphatic carbocycles. The second kappa shape index (κ2) is 45.3. The van der Waals surface area contributed by atoms with Crippen LogP contribution in [0, 0.1) is 10.1 Å². The molecule has 0 saturated carbocycles. The van der Waals surface area contributed by atoms with Gasteiger partial charge >= 0.3 is 5.69 Å². The Morgan fingerprint density at radius 1 is 0.272 bits per heavy atom. The van der Waals surface area contributed by atoms with Crippen molar-refractivity contribution in [1.82, 2.24) is 0 Å². The van der Waals surface area contributed by atoms with Crippen molar-refractivity contribution in [2.75, 3.05) is 39.6 Å². The molecule has 0 aliphatic rings. The topological polar surface area (TPSA) is 98.5 Å². The zero-order valence-electron chi connectivity index (χ0n) is 53.0. The number of unbranched alkanes of at least 4 members (excludes halogenated alkanes) is 36. The standard InChI is InChI=1S/C72H119NO8/c1-7-13-19-25-31-37-43-49-76-65-55-60-61-56-67(78-51-45-39-33-27-21-15-9-3)68(79-52-46-40-34-28-22-16-10-4)58-63(61)70-64(62(60)57-66(65)77-50-44-38-32-26-20-14-8-2)59-69(80-53-47-41-35-29-23-17-11-5)72(71(70)73(74)75)81-54-48-42-36-30-24-18-12-6/h55-59H,7-54H2,1-6H3. The van der Waals surface area contributed by atoms with Crippen LogP contribution in [0.4, 0.5) is 5.69 Å². The van der Waals surface area contributed by atoms with Gasteiger partial charge in [-0.05, 0) is 85.0 Å². The summed E-state index contributed by atoms with van der Waals surface area (Å²) in [7, 11) is 0. The fourth-order valence-electron chi connectivity index (χ4n) is 11.4. The van der Waals surface area contributed by atoms with Crippen LogP contribution in [-0.2, 0) is 0 Å². The second-order valence-electron chi connectivity index (χ2n) is 23.7. The predicted octanol–water partition coefficient (Wildman–Crippen LogP) is 23.8. The van der Waals surface area contributed by atoms with E-state index in [0.717, 1.165) is 117 Å². The second-order valence-corrected chi connectivity index (χ2v) is 23.7. The van der Waals surface area contributed by atoms with Gasteiger partial charge in [-0.25, -0.2) is 0 Å². The van der Waals surface area contributed by atoms with E-state index in [0.29, 0.717) is 73.8 Å². The Hall–Kier alpha value is -4.14. The van der Waals surface area contributed by atoms with Crippen molar-refractivity contribution in [2.24, 2.45) is 0 Å². The highest BCUT2D eigenvalue weighted by molar-refractivity contribution is 6.29. The van der Waals surface area contributed by atoms with E-state index in [4.69, 9.17) is 28.4 Å². The van der Waals surface area contributed by atoms with Crippen LogP contribution in [0.2, 0.25) is 0 Å². The summed E-state index contributed by atoms with van der Waals surface area (Å²) < 4.78 is 40.7. The van der Waals surface area contributed by atoms with Gasteiger partial charge in [-0.3, -0.25) is 10.1 Å². The molecule has 0 unspecified atom stereocenters. The summed E-state index contributed by atoms with van der Waals surface area (Å²) >= 11 is 0. The zero-order valence-corrected chi connectivity index (χ0v) is 53.0. The van der Waals surface area contributed by atoms with Gasteiger partial charge in [0.15, 0.2) is 28.7 Å². The van der Waals surface area contributed by atoms with Gasteiger partial charge in [0.2, 0.25) is 5.75 Å². The molecule has 0 saturated heterocycles. The van der Waals surface area contributed by atoms with Crippen LogP contribution in [0.1, 0.15) is 311 Å². The Morgan fingerprint density at radius 2 is 0.469 bits per heavy atom. The average molecular weight is 1130 g/mol. The first-order valence-corrected chi connectivity index (χ1v) is 34.4. The van der Waals surface area contributed by atoms with Gasteiger partial charge in [0.05, 0.1) is 50.0 Å². The van der Waals surface area contributed by atoms with Crippen molar-refractivity contribution in [1.29, 1.82) is 0 Å². The van der Waals surface area contributed by atoms with Crippen LogP contribution in [0.25, 0.3) is 32.3 Å². The first kappa shape index (κ1) is 69.4. The molecule has 9 nitrogen and oxygen atoms in total. The van der Waals surface area contributed by atoms with Crippen molar-refractivity contribution < 1.29 is 33.3 Å². The number of ether oxygens (including phenoxy) is 6. The summed E-state index contributed by atoms with van der Waals surface area (Å²) in [4.78, 5) is 13.9. The van der Waals surface area contributed by atoms with Gasteiger partial charge in [-0.2, -0.15) is 0 Å². The Balaban J connectivity index is 1.95. The minimum atomic E-state index is -0.226. The lowest BCUT2D eigenvalue weighted by Crippen LogP contribution is -2.07. The maximum Gasteiger partial charge on any atom is 0.323 e. The zero-order chi connectivity index (χ0) is 57.8. The van der Waals surface area contributed by atoms with Crippen molar-refractivity contribution in [3.05, 3.63) is 40.4 Å². The smallest absolute Gasteiger partial charge is 0.323 e. The minimum Gasteiger partial charge on any atom is -0.490 e. The minimum absolute atomic E-state index is 0.0588. The normalized spacial score (nSPS) is 11.6. The van der Waals surface area contributed by atoms with Crippen molar-refractivity contribution in [3.8, 4) is 34.5 Å². The lowest BCUT2D eigenvalue weighted by atomic mass is 9.92. The number of hydrogen-bond donors (Lipinski definition) is 0. The Morgan fingerprint density at radius 3 is 0.728 bits per heavy atom. The third-order valence-corrected chi connectivity index (χ3v) is 16.4. The SMILES string of the molecule is CCCCCCCCCOc1cc2c3cc(OCCCCCCCCC)c(OCCCCCCCCC)cc3c3c([N+](=O)[O-])c(OCCCCCCCCC)c(OCCCCCCCCC)cc3c2cc1OCCCCCCCCC. The van der Waals surface area contributed by atoms with Gasteiger partial charge in [0.25, 0.3) is 0 Å². The molecule has 4 rings (SSSR count). The van der Waals surface area contributed by atoms with Crippen molar-refractivity contribution >= 4 is 38.0 Å². The molecule has 0 heterocycles. The molecule has 0 fully saturated rings. The van der Waals surface area contributed by atoms with Crippen LogP contribution < -0.4 is 28.4 Å². The van der Waals surface area contributed by atoms with E-state index in [1.807, 2.05) is 12.1 Å². The molecule has 9 heteroatoms. The van der Waals surface area contributed by atoms with Crippen LogP contribution in [0.5, 0.6) is 34.5 Å². The summed E-state index contributed by atoms with van der Waals surface area (Å²) in [6, 6.07) is 10.4. The van der Waals surface area contributed by atoms with Crippen LogP contribution in [0.3, 0.4) is 0 Å². The molecular weight excluding hydrogens is 1010 g/mol. The quantitative estimate of drug-likeness (QED) is 0.0187. The van der Waals surface area contributed by atoms with E-state index in [1.165, 1.54) is 180 Å². The maximum atomic E-state index is 14.1. The van der Waals surface area contributed by atoms with Gasteiger partial charge in [-0.1, -0.05) is 273 Å². The molecule has 4 aromatic rings. The van der Waals surface area contributed by atoms with Crippen molar-refractivity contribution in [3.63, 3.8) is 0 Å². The van der Waals surface area contributed by atoms with Gasteiger partial charge < -0.3 is 28.4 Å². The highest BCUT2D eigenvalue weighted by atomic mass is 16.6. The number of fused-ring (bicyclic) bond motifs is 6. The average Bonchev–Trinajstić information content (AvgIpc) is 3.63. The lowest BCUT2D eigenvalue weighted by molar-refractivity contribution is -0.384. The fourth-order valence-corrected chi connectivity index (χ4v) is 11.4. The Kier molecular flexibility index (Phi) is 38.8. The van der Waals surface area contributed by atoms with E-state index < -0.39 is 0 Å². The van der Waals surface area contributed by atoms with E-state index in [9.17, 15) is 10.1 Å².